The Kier molecular flexibility index (Phi) is 5.53. The fourth-order valence-electron chi connectivity index (χ4n) is 2.58. The van der Waals surface area contributed by atoms with Gasteiger partial charge in [-0.15, -0.1) is 0 Å². The highest BCUT2D eigenvalue weighted by Gasteiger charge is 2.45. The van der Waals surface area contributed by atoms with Gasteiger partial charge in [0.25, 0.3) is 13.0 Å². The number of hydrogen-bond donors (Lipinski definition) is 6. The maximum absolute atomic E-state index is 11.8. The number of nitrogens with one attached hydrogen (secondary N) is 1. The summed E-state index contributed by atoms with van der Waals surface area (Å²) in [5.41, 5.74) is 4.72. The van der Waals surface area contributed by atoms with Crippen molar-refractivity contribution in [3.8, 4) is 0 Å². The summed E-state index contributed by atoms with van der Waals surface area (Å²) in [6, 6.07) is 0. The fraction of sp³-hybridized carbons (Fsp3) is 0.500. The number of imidazole rings is 1. The van der Waals surface area contributed by atoms with E-state index in [4.69, 9.17) is 27.8 Å². The van der Waals surface area contributed by atoms with Crippen molar-refractivity contribution in [1.82, 2.24) is 19.5 Å². The number of aliphatic hydroxyl groups is 2. The molecule has 3 rings (SSSR count). The second kappa shape index (κ2) is 7.33. The third kappa shape index (κ3) is 4.35. The highest BCUT2D eigenvalue weighted by atomic mass is 31.3. The van der Waals surface area contributed by atoms with Crippen molar-refractivity contribution in [2.45, 2.75) is 24.5 Å². The summed E-state index contributed by atoms with van der Waals surface area (Å²) in [6.45, 7) is -0.745. The van der Waals surface area contributed by atoms with Crippen LogP contribution in [0.4, 0.5) is 5.95 Å². The lowest BCUT2D eigenvalue weighted by atomic mass is 10.1. The first-order valence-electron chi connectivity index (χ1n) is 7.42. The Labute approximate surface area is 156 Å². The topological polar surface area (TPSA) is 232 Å². The van der Waals surface area contributed by atoms with E-state index in [9.17, 15) is 24.1 Å². The molecule has 2 aromatic heterocycles. The first-order valence-corrected chi connectivity index (χ1v) is 10.6. The van der Waals surface area contributed by atoms with Crippen molar-refractivity contribution in [1.29, 1.82) is 0 Å². The highest BCUT2D eigenvalue weighted by Crippen LogP contribution is 2.57. The maximum Gasteiger partial charge on any atom is 0.476 e. The van der Waals surface area contributed by atoms with Crippen LogP contribution in [0.5, 0.6) is 0 Å². The highest BCUT2D eigenvalue weighted by molar-refractivity contribution is 7.83. The van der Waals surface area contributed by atoms with Crippen LogP contribution < -0.4 is 11.3 Å². The molecule has 2 aromatic rings. The second-order valence-corrected chi connectivity index (χ2v) is 8.70. The number of nitrogen functional groups attached to an aromatic ring is 1. The van der Waals surface area contributed by atoms with Crippen LogP contribution in [0.3, 0.4) is 0 Å². The molecule has 2 radical (unpaired) electrons. The minimum atomic E-state index is -5.20. The largest absolute Gasteiger partial charge is 0.476 e. The minimum Gasteiger partial charge on any atom is -0.387 e. The van der Waals surface area contributed by atoms with E-state index in [1.54, 1.807) is 0 Å². The minimum absolute atomic E-state index is 0.0339. The molecule has 0 aromatic carbocycles. The van der Waals surface area contributed by atoms with Gasteiger partial charge in [0.15, 0.2) is 17.4 Å². The summed E-state index contributed by atoms with van der Waals surface area (Å²) in [6.07, 6.45) is -4.64. The molecule has 0 amide bonds. The Morgan fingerprint density at radius 2 is 2.04 bits per heavy atom. The van der Waals surface area contributed by atoms with Crippen LogP contribution in [-0.4, -0.2) is 72.0 Å². The van der Waals surface area contributed by atoms with Crippen LogP contribution in [0.25, 0.3) is 11.2 Å². The standard InChI is InChI=1S/C10H14BN5O10P2/c11-27(20,26-28(21,22)23)24-1-3-5(17)6(18)9(25-3)16-2-13-4-7(16)14-10(12)15-8(4)19/h2-3,5-6,9,17-18H,1H2,(H2,21,22,23)(H3,12,14,15,19)/t3-,5-,6-,9-,27-/m1/s1. The van der Waals surface area contributed by atoms with Gasteiger partial charge in [0.05, 0.1) is 12.9 Å². The number of anilines is 1. The van der Waals surface area contributed by atoms with Crippen molar-refractivity contribution in [2.24, 2.45) is 0 Å². The number of aromatic amines is 1. The lowest BCUT2D eigenvalue weighted by molar-refractivity contribution is -0.0479. The summed E-state index contributed by atoms with van der Waals surface area (Å²) < 4.78 is 37.4. The quantitative estimate of drug-likeness (QED) is 0.207. The third-order valence-electron chi connectivity index (χ3n) is 3.70. The SMILES string of the molecule is [B][P@@](=O)(OC[C@H]1O[C@@H](n2cnc3c(=O)[nH]c(N)nc32)[C@H](O)[C@@H]1O)OP(=O)(O)O. The summed E-state index contributed by atoms with van der Waals surface area (Å²) >= 11 is 0. The molecule has 5 atom stereocenters. The van der Waals surface area contributed by atoms with E-state index in [-0.39, 0.29) is 17.1 Å². The number of phosphoric acid groups is 1. The number of ether oxygens (including phenoxy) is 1. The van der Waals surface area contributed by atoms with Crippen LogP contribution in [0.1, 0.15) is 6.23 Å². The van der Waals surface area contributed by atoms with Crippen LogP contribution in [0.2, 0.25) is 0 Å². The first-order chi connectivity index (χ1) is 12.9. The molecule has 0 spiro atoms. The van der Waals surface area contributed by atoms with Crippen molar-refractivity contribution >= 4 is 40.0 Å². The number of hydrogen-bond acceptors (Lipinski definition) is 11. The van der Waals surface area contributed by atoms with E-state index in [1.807, 2.05) is 0 Å². The molecule has 0 saturated carbocycles. The molecular weight excluding hydrogens is 423 g/mol. The van der Waals surface area contributed by atoms with Gasteiger partial charge in [-0.25, -0.2) is 13.9 Å². The van der Waals surface area contributed by atoms with Gasteiger partial charge in [0.1, 0.15) is 18.3 Å². The van der Waals surface area contributed by atoms with E-state index in [0.717, 1.165) is 10.9 Å². The predicted molar refractivity (Wildman–Crippen MR) is 90.9 cm³/mol. The maximum atomic E-state index is 11.8. The normalized spacial score (nSPS) is 27.9. The molecule has 1 aliphatic heterocycles. The number of aromatic nitrogens is 4. The lowest BCUT2D eigenvalue weighted by Gasteiger charge is -2.19. The molecular formula is C10H14BN5O10P2. The first kappa shape index (κ1) is 21.1. The summed E-state index contributed by atoms with van der Waals surface area (Å²) in [5, 5.41) is 20.3. The summed E-state index contributed by atoms with van der Waals surface area (Å²) in [7, 11) is -4.83. The Bertz CT molecular complexity index is 1040. The van der Waals surface area contributed by atoms with Crippen molar-refractivity contribution in [3.63, 3.8) is 0 Å². The average molecular weight is 437 g/mol. The lowest BCUT2D eigenvalue weighted by Crippen LogP contribution is -2.33. The predicted octanol–water partition coefficient (Wildman–Crippen LogP) is -2.28. The number of rotatable bonds is 6. The monoisotopic (exact) mass is 437 g/mol. The molecule has 1 aliphatic rings. The van der Waals surface area contributed by atoms with Crippen LogP contribution in [0, 0.1) is 0 Å². The molecule has 7 N–H and O–H groups in total. The van der Waals surface area contributed by atoms with E-state index < -0.39 is 52.0 Å². The van der Waals surface area contributed by atoms with Gasteiger partial charge in [-0.1, -0.05) is 0 Å². The van der Waals surface area contributed by atoms with Gasteiger partial charge in [-0.3, -0.25) is 18.9 Å². The average Bonchev–Trinajstić information content (AvgIpc) is 3.06. The fourth-order valence-corrected chi connectivity index (χ4v) is 4.30. The van der Waals surface area contributed by atoms with Crippen molar-refractivity contribution in [2.75, 3.05) is 12.3 Å². The van der Waals surface area contributed by atoms with Crippen molar-refractivity contribution < 1.29 is 42.7 Å². The van der Waals surface area contributed by atoms with Crippen LogP contribution in [-0.2, 0) is 22.7 Å². The van der Waals surface area contributed by atoms with Gasteiger partial charge >= 0.3 is 7.82 Å². The molecule has 1 fully saturated rings. The van der Waals surface area contributed by atoms with Gasteiger partial charge in [0.2, 0.25) is 13.5 Å². The molecule has 3 heterocycles. The molecule has 18 heteroatoms. The van der Waals surface area contributed by atoms with Gasteiger partial charge in [-0.05, 0) is 0 Å². The molecule has 15 nitrogen and oxygen atoms in total. The zero-order chi connectivity index (χ0) is 20.9. The number of nitrogens with two attached hydrogens (primary N) is 1. The Hall–Kier alpha value is -1.61. The van der Waals surface area contributed by atoms with Gasteiger partial charge < -0.3 is 35.0 Å². The summed E-state index contributed by atoms with van der Waals surface area (Å²) in [5.74, 6) is -0.217. The second-order valence-electron chi connectivity index (χ2n) is 5.73. The Balaban J connectivity index is 1.79. The Morgan fingerprint density at radius 3 is 2.68 bits per heavy atom. The van der Waals surface area contributed by atoms with Crippen molar-refractivity contribution in [3.05, 3.63) is 16.7 Å². The smallest absolute Gasteiger partial charge is 0.387 e. The zero-order valence-corrected chi connectivity index (χ0v) is 15.5. The molecule has 0 unspecified atom stereocenters. The van der Waals surface area contributed by atoms with E-state index in [2.05, 4.69) is 23.8 Å². The molecule has 1 saturated heterocycles. The van der Waals surface area contributed by atoms with Gasteiger partial charge in [0, 0.05) is 0 Å². The number of fused-ring (bicyclic) bond motifs is 1. The Morgan fingerprint density at radius 1 is 1.36 bits per heavy atom. The number of aliphatic hydroxyl groups excluding tert-OH is 2. The zero-order valence-electron chi connectivity index (χ0n) is 13.7. The molecule has 0 bridgehead atoms. The molecule has 0 aliphatic carbocycles. The van der Waals surface area contributed by atoms with Crippen LogP contribution >= 0.6 is 15.3 Å². The van der Waals surface area contributed by atoms with Crippen LogP contribution in [0.15, 0.2) is 11.1 Å². The third-order valence-corrected chi connectivity index (χ3v) is 5.97. The van der Waals surface area contributed by atoms with E-state index >= 15 is 0 Å². The molecule has 152 valence electrons. The summed E-state index contributed by atoms with van der Waals surface area (Å²) in [4.78, 5) is 39.1. The molecule has 28 heavy (non-hydrogen) atoms. The van der Waals surface area contributed by atoms with E-state index in [1.165, 1.54) is 0 Å². The number of H-pyrrole nitrogens is 1. The number of nitrogens with zero attached hydrogens (tertiary/aromatic N) is 3. The van der Waals surface area contributed by atoms with Gasteiger partial charge in [-0.2, -0.15) is 4.98 Å². The van der Waals surface area contributed by atoms with E-state index in [0.29, 0.717) is 0 Å².